The van der Waals surface area contributed by atoms with Crippen molar-refractivity contribution in [1.29, 1.82) is 0 Å². The molecule has 1 amide bonds. The van der Waals surface area contributed by atoms with Crippen molar-refractivity contribution < 1.29 is 18.7 Å². The summed E-state index contributed by atoms with van der Waals surface area (Å²) in [6.45, 7) is 12.0. The number of hydrogen-bond acceptors (Lipinski definition) is 5. The lowest BCUT2D eigenvalue weighted by molar-refractivity contribution is -0.172. The van der Waals surface area contributed by atoms with Crippen molar-refractivity contribution >= 4 is 32.4 Å². The summed E-state index contributed by atoms with van der Waals surface area (Å²) in [6.07, 6.45) is 2.43. The Kier molecular flexibility index (Phi) is 8.27. The molecule has 42 heavy (non-hydrogen) atoms. The number of carbonyl (C=O) groups excluding carboxylic acids is 2. The third kappa shape index (κ3) is 4.92. The Balaban J connectivity index is 1.82. The largest absolute Gasteiger partial charge is 0.472 e. The van der Waals surface area contributed by atoms with Gasteiger partial charge < -0.3 is 14.1 Å². The zero-order valence-electron chi connectivity index (χ0n) is 25.1. The van der Waals surface area contributed by atoms with E-state index in [0.717, 1.165) is 16.7 Å². The first kappa shape index (κ1) is 29.9. The van der Waals surface area contributed by atoms with Gasteiger partial charge in [0, 0.05) is 18.0 Å². The molecule has 0 radical (unpaired) electrons. The molecule has 4 aromatic rings. The minimum Gasteiger partial charge on any atom is -0.472 e. The van der Waals surface area contributed by atoms with E-state index >= 15 is 0 Å². The Morgan fingerprint density at radius 1 is 0.881 bits per heavy atom. The molecule has 5 rings (SSSR count). The third-order valence-electron chi connectivity index (χ3n) is 8.30. The monoisotopic (exact) mass is 597 g/mol. The van der Waals surface area contributed by atoms with E-state index in [2.05, 4.69) is 107 Å². The van der Waals surface area contributed by atoms with Gasteiger partial charge in [-0.3, -0.25) is 9.59 Å². The predicted octanol–water partition coefficient (Wildman–Crippen LogP) is 7.80. The summed E-state index contributed by atoms with van der Waals surface area (Å²) >= 11 is 1.78. The fraction of sp³-hybridized carbons (Fsp3) is 0.314. The number of thioether (sulfide) groups is 1. The van der Waals surface area contributed by atoms with Gasteiger partial charge in [-0.25, -0.2) is 0 Å². The second kappa shape index (κ2) is 11.6. The predicted molar refractivity (Wildman–Crippen MR) is 172 cm³/mol. The molecule has 1 aliphatic rings. The highest BCUT2D eigenvalue weighted by Crippen LogP contribution is 2.67. The topological polar surface area (TPSA) is 59.8 Å². The highest BCUT2D eigenvalue weighted by Gasteiger charge is 2.71. The van der Waals surface area contributed by atoms with Gasteiger partial charge in [0.2, 0.25) is 5.91 Å². The van der Waals surface area contributed by atoms with Crippen molar-refractivity contribution in [3.8, 4) is 0 Å². The first-order valence-corrected chi connectivity index (χ1v) is 18.2. The van der Waals surface area contributed by atoms with Gasteiger partial charge in [0.1, 0.15) is 11.1 Å². The molecule has 2 heterocycles. The molecule has 7 heteroatoms. The van der Waals surface area contributed by atoms with Crippen LogP contribution in [0.15, 0.2) is 114 Å². The van der Waals surface area contributed by atoms with Crippen molar-refractivity contribution in [3.05, 3.63) is 132 Å². The van der Waals surface area contributed by atoms with E-state index in [9.17, 15) is 9.59 Å². The maximum Gasteiger partial charge on any atom is 0.303 e. The molecule has 3 unspecified atom stereocenters. The van der Waals surface area contributed by atoms with E-state index in [1.54, 1.807) is 24.3 Å². The number of benzene rings is 3. The molecule has 1 aromatic heterocycles. The van der Waals surface area contributed by atoms with Crippen LogP contribution in [0.1, 0.15) is 56.1 Å². The van der Waals surface area contributed by atoms with Gasteiger partial charge in [0.05, 0.1) is 31.4 Å². The molecule has 0 bridgehead atoms. The Hall–Kier alpha value is -3.55. The quantitative estimate of drug-likeness (QED) is 0.0853. The maximum atomic E-state index is 14.7. The van der Waals surface area contributed by atoms with Crippen LogP contribution >= 0.6 is 11.8 Å². The van der Waals surface area contributed by atoms with Crippen molar-refractivity contribution in [2.45, 2.75) is 67.6 Å². The number of esters is 1. The molecule has 3 atom stereocenters. The number of carbonyl (C=O) groups is 2. The molecular formula is C35H39NO4SSi. The van der Waals surface area contributed by atoms with Gasteiger partial charge in [-0.15, -0.1) is 11.8 Å². The van der Waals surface area contributed by atoms with Crippen LogP contribution in [-0.2, 0) is 19.1 Å². The van der Waals surface area contributed by atoms with E-state index in [0.29, 0.717) is 5.56 Å². The molecule has 218 valence electrons. The minimum atomic E-state index is -1.90. The standard InChI is InChI=1S/C35H39NO4SSi/c1-25(37)40-30(26-22-23-39-24-26)35(42(5)6)31(38)36(33(2,3)4)32(35)41-34(27-16-10-7-11-17-27,28-18-12-8-13-19-28)29-20-14-9-15-21-29/h7-24,30,32,42H,1-6H3. The lowest BCUT2D eigenvalue weighted by atomic mass is 9.82. The SMILES string of the molecule is CC(=O)OC(c1ccoc1)C1([SiH](C)C)C(=O)N(C(C)(C)C)C1SC(c1ccccc1)(c1ccccc1)c1ccccc1. The zero-order chi connectivity index (χ0) is 30.1. The van der Waals surface area contributed by atoms with Crippen LogP contribution in [-0.4, -0.2) is 36.5 Å². The fourth-order valence-corrected chi connectivity index (χ4v) is 11.7. The lowest BCUT2D eigenvalue weighted by Crippen LogP contribution is -2.74. The second-order valence-electron chi connectivity index (χ2n) is 12.2. The Morgan fingerprint density at radius 2 is 1.36 bits per heavy atom. The summed E-state index contributed by atoms with van der Waals surface area (Å²) in [6, 6.07) is 33.4. The molecule has 0 spiro atoms. The molecule has 5 nitrogen and oxygen atoms in total. The minimum absolute atomic E-state index is 0.0321. The lowest BCUT2D eigenvalue weighted by Gasteiger charge is -2.65. The average molecular weight is 598 g/mol. The van der Waals surface area contributed by atoms with Crippen molar-refractivity contribution in [2.75, 3.05) is 0 Å². The number of rotatable bonds is 9. The van der Waals surface area contributed by atoms with E-state index in [1.807, 2.05) is 29.2 Å². The van der Waals surface area contributed by atoms with Gasteiger partial charge in [-0.1, -0.05) is 104 Å². The van der Waals surface area contributed by atoms with Crippen LogP contribution in [0, 0.1) is 0 Å². The number of β-lactam (4-membered cyclic amide) rings is 1. The van der Waals surface area contributed by atoms with Crippen LogP contribution in [0.5, 0.6) is 0 Å². The fourth-order valence-electron chi connectivity index (χ4n) is 6.37. The first-order chi connectivity index (χ1) is 20.0. The van der Waals surface area contributed by atoms with Crippen LogP contribution in [0.25, 0.3) is 0 Å². The smallest absolute Gasteiger partial charge is 0.303 e. The van der Waals surface area contributed by atoms with Crippen molar-refractivity contribution in [3.63, 3.8) is 0 Å². The number of hydrogen-bond donors (Lipinski definition) is 0. The summed E-state index contributed by atoms with van der Waals surface area (Å²) in [5, 5.41) is -1.23. The van der Waals surface area contributed by atoms with Crippen LogP contribution in [0.3, 0.4) is 0 Å². The van der Waals surface area contributed by atoms with E-state index in [1.165, 1.54) is 6.92 Å². The van der Waals surface area contributed by atoms with Gasteiger partial charge in [-0.05, 0) is 43.5 Å². The van der Waals surface area contributed by atoms with Crippen molar-refractivity contribution in [1.82, 2.24) is 4.90 Å². The van der Waals surface area contributed by atoms with Gasteiger partial charge in [-0.2, -0.15) is 0 Å². The summed E-state index contributed by atoms with van der Waals surface area (Å²) in [4.78, 5) is 29.4. The normalized spacial score (nSPS) is 19.8. The summed E-state index contributed by atoms with van der Waals surface area (Å²) in [5.41, 5.74) is 3.60. The van der Waals surface area contributed by atoms with Crippen LogP contribution in [0.4, 0.5) is 0 Å². The highest BCUT2D eigenvalue weighted by atomic mass is 32.2. The number of likely N-dealkylation sites (tertiary alicyclic amines) is 1. The first-order valence-electron chi connectivity index (χ1n) is 14.4. The van der Waals surface area contributed by atoms with E-state index in [-0.39, 0.29) is 11.3 Å². The molecule has 0 aliphatic carbocycles. The molecule has 0 N–H and O–H groups in total. The Morgan fingerprint density at radius 3 is 1.71 bits per heavy atom. The summed E-state index contributed by atoms with van der Waals surface area (Å²) in [7, 11) is -1.90. The van der Waals surface area contributed by atoms with Gasteiger partial charge in [0.25, 0.3) is 0 Å². The number of amides is 1. The Labute approximate surface area is 254 Å². The molecule has 0 saturated carbocycles. The molecule has 1 aliphatic heterocycles. The van der Waals surface area contributed by atoms with Gasteiger partial charge in [0.15, 0.2) is 0 Å². The number of furan rings is 1. The molecular weight excluding hydrogens is 559 g/mol. The van der Waals surface area contributed by atoms with Crippen LogP contribution in [0.2, 0.25) is 18.1 Å². The molecule has 1 saturated heterocycles. The highest BCUT2D eigenvalue weighted by molar-refractivity contribution is 8.01. The second-order valence-corrected chi connectivity index (χ2v) is 16.8. The maximum absolute atomic E-state index is 14.7. The number of ether oxygens (including phenoxy) is 1. The van der Waals surface area contributed by atoms with E-state index in [4.69, 9.17) is 9.15 Å². The van der Waals surface area contributed by atoms with E-state index < -0.39 is 36.2 Å². The molecule has 3 aromatic carbocycles. The average Bonchev–Trinajstić information content (AvgIpc) is 3.50. The molecule has 1 fully saturated rings. The van der Waals surface area contributed by atoms with Gasteiger partial charge >= 0.3 is 5.97 Å². The van der Waals surface area contributed by atoms with Crippen LogP contribution < -0.4 is 0 Å². The third-order valence-corrected chi connectivity index (χ3v) is 13.2. The summed E-state index contributed by atoms with van der Waals surface area (Å²) in [5.74, 6) is -0.383. The zero-order valence-corrected chi connectivity index (χ0v) is 27.1. The van der Waals surface area contributed by atoms with Crippen molar-refractivity contribution in [2.24, 2.45) is 0 Å². The number of nitrogens with zero attached hydrogens (tertiary/aromatic N) is 1. The summed E-state index contributed by atoms with van der Waals surface area (Å²) < 4.78 is 11.0. The Bertz CT molecular complexity index is 1410.